The lowest BCUT2D eigenvalue weighted by Gasteiger charge is -2.27. The monoisotopic (exact) mass is 324 g/mol. The van der Waals surface area contributed by atoms with Gasteiger partial charge in [-0.15, -0.1) is 0 Å². The number of unbranched alkanes of at least 4 members (excludes halogenated alkanes) is 2. The van der Waals surface area contributed by atoms with E-state index in [4.69, 9.17) is 11.6 Å². The molecule has 4 nitrogen and oxygen atoms in total. The Morgan fingerprint density at radius 1 is 1.23 bits per heavy atom. The van der Waals surface area contributed by atoms with Crippen molar-refractivity contribution in [2.75, 3.05) is 6.54 Å². The van der Waals surface area contributed by atoms with Gasteiger partial charge in [-0.1, -0.05) is 43.5 Å². The van der Waals surface area contributed by atoms with Crippen molar-refractivity contribution in [1.82, 2.24) is 10.2 Å². The largest absolute Gasteiger partial charge is 0.354 e. The van der Waals surface area contributed by atoms with Gasteiger partial charge < -0.3 is 10.2 Å². The first-order valence-corrected chi connectivity index (χ1v) is 8.12. The van der Waals surface area contributed by atoms with E-state index in [9.17, 15) is 9.59 Å². The van der Waals surface area contributed by atoms with Gasteiger partial charge in [0.05, 0.1) is 0 Å². The molecule has 1 rings (SSSR count). The van der Waals surface area contributed by atoms with Crippen LogP contribution in [0.4, 0.5) is 0 Å². The highest BCUT2D eigenvalue weighted by Crippen LogP contribution is 2.13. The van der Waals surface area contributed by atoms with Crippen LogP contribution in [0.5, 0.6) is 0 Å². The Balaban J connectivity index is 2.63. The maximum absolute atomic E-state index is 12.2. The Morgan fingerprint density at radius 2 is 1.86 bits per heavy atom. The lowest BCUT2D eigenvalue weighted by molar-refractivity contribution is -0.138. The minimum absolute atomic E-state index is 0.111. The second kappa shape index (κ2) is 9.46. The fraction of sp³-hybridized carbons (Fsp3) is 0.529. The number of carbonyl (C=O) groups is 2. The Kier molecular flexibility index (Phi) is 7.96. The molecular weight excluding hydrogens is 300 g/mol. The molecule has 22 heavy (non-hydrogen) atoms. The summed E-state index contributed by atoms with van der Waals surface area (Å²) in [5, 5.41) is 3.55. The van der Waals surface area contributed by atoms with Crippen molar-refractivity contribution in [3.05, 3.63) is 34.9 Å². The van der Waals surface area contributed by atoms with Crippen LogP contribution >= 0.6 is 11.6 Å². The number of benzene rings is 1. The molecule has 0 aliphatic rings. The van der Waals surface area contributed by atoms with E-state index in [-0.39, 0.29) is 11.8 Å². The van der Waals surface area contributed by atoms with Gasteiger partial charge in [-0.3, -0.25) is 9.59 Å². The molecule has 0 aromatic heterocycles. The smallest absolute Gasteiger partial charge is 0.242 e. The average molecular weight is 325 g/mol. The quantitative estimate of drug-likeness (QED) is 0.745. The number of carbonyl (C=O) groups excluding carboxylic acids is 2. The third-order valence-corrected chi connectivity index (χ3v) is 3.85. The van der Waals surface area contributed by atoms with Crippen LogP contribution in [-0.2, 0) is 16.1 Å². The summed E-state index contributed by atoms with van der Waals surface area (Å²) < 4.78 is 0. The molecule has 0 bridgehead atoms. The molecule has 1 aromatic rings. The molecule has 0 aliphatic heterocycles. The second-order valence-electron chi connectivity index (χ2n) is 5.45. The number of hydrogen-bond acceptors (Lipinski definition) is 2. The Labute approximate surface area is 137 Å². The van der Waals surface area contributed by atoms with Gasteiger partial charge in [0, 0.05) is 25.0 Å². The second-order valence-corrected chi connectivity index (χ2v) is 5.88. The lowest BCUT2D eigenvalue weighted by atomic mass is 10.1. The van der Waals surface area contributed by atoms with Gasteiger partial charge in [-0.05, 0) is 31.0 Å². The van der Waals surface area contributed by atoms with Crippen LogP contribution in [0, 0.1) is 0 Å². The Hall–Kier alpha value is -1.55. The predicted octanol–water partition coefficient (Wildman–Crippen LogP) is 3.38. The van der Waals surface area contributed by atoms with E-state index < -0.39 is 6.04 Å². The molecular formula is C17H25ClN2O2. The minimum Gasteiger partial charge on any atom is -0.354 e. The van der Waals surface area contributed by atoms with Gasteiger partial charge in [0.15, 0.2) is 0 Å². The van der Waals surface area contributed by atoms with Gasteiger partial charge in [-0.25, -0.2) is 0 Å². The van der Waals surface area contributed by atoms with E-state index in [0.717, 1.165) is 24.8 Å². The van der Waals surface area contributed by atoms with Crippen LogP contribution in [0.3, 0.4) is 0 Å². The molecule has 0 heterocycles. The third kappa shape index (κ3) is 6.06. The maximum atomic E-state index is 12.2. The first-order chi connectivity index (χ1) is 10.5. The highest BCUT2D eigenvalue weighted by atomic mass is 35.5. The summed E-state index contributed by atoms with van der Waals surface area (Å²) in [7, 11) is 0. The van der Waals surface area contributed by atoms with Crippen LogP contribution in [0.25, 0.3) is 0 Å². The van der Waals surface area contributed by atoms with Gasteiger partial charge in [0.25, 0.3) is 0 Å². The van der Waals surface area contributed by atoms with Crippen LogP contribution < -0.4 is 5.32 Å². The summed E-state index contributed by atoms with van der Waals surface area (Å²) in [4.78, 5) is 25.6. The highest BCUT2D eigenvalue weighted by molar-refractivity contribution is 6.30. The highest BCUT2D eigenvalue weighted by Gasteiger charge is 2.23. The molecule has 0 spiro atoms. The first kappa shape index (κ1) is 18.5. The zero-order chi connectivity index (χ0) is 16.5. The van der Waals surface area contributed by atoms with E-state index in [1.807, 2.05) is 12.1 Å². The third-order valence-electron chi connectivity index (χ3n) is 3.60. The normalized spacial score (nSPS) is 11.8. The fourth-order valence-electron chi connectivity index (χ4n) is 2.18. The van der Waals surface area contributed by atoms with Gasteiger partial charge in [0.1, 0.15) is 6.04 Å². The summed E-state index contributed by atoms with van der Waals surface area (Å²) in [6.45, 7) is 6.41. The molecule has 0 aliphatic carbocycles. The van der Waals surface area contributed by atoms with Crippen LogP contribution in [0.2, 0.25) is 5.02 Å². The summed E-state index contributed by atoms with van der Waals surface area (Å²) in [5.74, 6) is -0.230. The molecule has 0 unspecified atom stereocenters. The van der Waals surface area contributed by atoms with Crippen molar-refractivity contribution >= 4 is 23.4 Å². The van der Waals surface area contributed by atoms with E-state index in [2.05, 4.69) is 12.2 Å². The molecule has 0 fully saturated rings. The molecule has 1 atom stereocenters. The zero-order valence-electron chi connectivity index (χ0n) is 13.6. The van der Waals surface area contributed by atoms with E-state index in [0.29, 0.717) is 18.1 Å². The number of halogens is 1. The molecule has 0 saturated heterocycles. The topological polar surface area (TPSA) is 49.4 Å². The van der Waals surface area contributed by atoms with Crippen molar-refractivity contribution in [3.63, 3.8) is 0 Å². The molecule has 1 aromatic carbocycles. The number of nitrogens with one attached hydrogen (secondary N) is 1. The number of hydrogen-bond donors (Lipinski definition) is 1. The number of amides is 2. The van der Waals surface area contributed by atoms with Crippen LogP contribution in [0.1, 0.15) is 45.6 Å². The zero-order valence-corrected chi connectivity index (χ0v) is 14.3. The Bertz CT molecular complexity index is 488. The van der Waals surface area contributed by atoms with Gasteiger partial charge >= 0.3 is 0 Å². The maximum Gasteiger partial charge on any atom is 0.242 e. The summed E-state index contributed by atoms with van der Waals surface area (Å²) in [5.41, 5.74) is 0.949. The van der Waals surface area contributed by atoms with Crippen molar-refractivity contribution in [1.29, 1.82) is 0 Å². The van der Waals surface area contributed by atoms with Crippen molar-refractivity contribution < 1.29 is 9.59 Å². The first-order valence-electron chi connectivity index (χ1n) is 7.75. The van der Waals surface area contributed by atoms with Crippen LogP contribution in [-0.4, -0.2) is 29.3 Å². The molecule has 0 radical (unpaired) electrons. The summed E-state index contributed by atoms with van der Waals surface area (Å²) in [6, 6.07) is 6.80. The minimum atomic E-state index is -0.491. The Morgan fingerprint density at radius 3 is 2.41 bits per heavy atom. The van der Waals surface area contributed by atoms with E-state index >= 15 is 0 Å². The van der Waals surface area contributed by atoms with Crippen molar-refractivity contribution in [2.45, 2.75) is 52.6 Å². The average Bonchev–Trinajstić information content (AvgIpc) is 2.49. The molecule has 2 amide bonds. The van der Waals surface area contributed by atoms with Gasteiger partial charge in [0.2, 0.25) is 11.8 Å². The van der Waals surface area contributed by atoms with Gasteiger partial charge in [-0.2, -0.15) is 0 Å². The SMILES string of the molecule is CCCCCNC(=O)[C@@H](C)N(Cc1ccc(Cl)cc1)C(C)=O. The van der Waals surface area contributed by atoms with E-state index in [1.54, 1.807) is 24.0 Å². The summed E-state index contributed by atoms with van der Waals surface area (Å²) >= 11 is 5.86. The molecule has 1 N–H and O–H groups in total. The predicted molar refractivity (Wildman–Crippen MR) is 89.7 cm³/mol. The van der Waals surface area contributed by atoms with Crippen molar-refractivity contribution in [3.8, 4) is 0 Å². The fourth-order valence-corrected chi connectivity index (χ4v) is 2.31. The molecule has 122 valence electrons. The van der Waals surface area contributed by atoms with Crippen molar-refractivity contribution in [2.24, 2.45) is 0 Å². The molecule has 5 heteroatoms. The lowest BCUT2D eigenvalue weighted by Crippen LogP contribution is -2.47. The number of rotatable bonds is 8. The van der Waals surface area contributed by atoms with Crippen LogP contribution in [0.15, 0.2) is 24.3 Å². The summed E-state index contributed by atoms with van der Waals surface area (Å²) in [6.07, 6.45) is 3.17. The van der Waals surface area contributed by atoms with E-state index in [1.165, 1.54) is 6.92 Å². The molecule has 0 saturated carbocycles. The standard InChI is InChI=1S/C17H25ClN2O2/c1-4-5-6-11-19-17(22)13(2)20(14(3)21)12-15-7-9-16(18)10-8-15/h7-10,13H,4-6,11-12H2,1-3H3,(H,19,22)/t13-/m1/s1. The number of nitrogens with zero attached hydrogens (tertiary/aromatic N) is 1.